The molecule has 102 valence electrons. The zero-order valence-electron chi connectivity index (χ0n) is 9.96. The van der Waals surface area contributed by atoms with Gasteiger partial charge in [0.25, 0.3) is 0 Å². The van der Waals surface area contributed by atoms with E-state index in [1.54, 1.807) is 0 Å². The summed E-state index contributed by atoms with van der Waals surface area (Å²) >= 11 is 0.790. The van der Waals surface area contributed by atoms with Gasteiger partial charge in [-0.2, -0.15) is 22.5 Å². The molecule has 0 amide bonds. The van der Waals surface area contributed by atoms with Gasteiger partial charge in [0.15, 0.2) is 0 Å². The van der Waals surface area contributed by atoms with E-state index in [0.29, 0.717) is 0 Å². The smallest absolute Gasteiger partial charge is 0.358 e. The largest absolute Gasteiger partial charge is 0.452 e. The zero-order chi connectivity index (χ0) is 13.0. The summed E-state index contributed by atoms with van der Waals surface area (Å²) in [4.78, 5) is 3.50. The summed E-state index contributed by atoms with van der Waals surface area (Å²) in [5.74, 6) is -1.04. The summed E-state index contributed by atoms with van der Waals surface area (Å²) in [5, 5.41) is 3.37. The van der Waals surface area contributed by atoms with Crippen LogP contribution in [0.5, 0.6) is 0 Å². The van der Waals surface area contributed by atoms with E-state index in [1.807, 2.05) is 0 Å². The van der Waals surface area contributed by atoms with Crippen LogP contribution in [0, 0.1) is 0 Å². The Kier molecular flexibility index (Phi) is 4.42. The van der Waals surface area contributed by atoms with Crippen molar-refractivity contribution < 1.29 is 13.2 Å². The molecule has 1 aliphatic carbocycles. The molecule has 1 saturated carbocycles. The normalized spacial score (nSPS) is 19.3. The summed E-state index contributed by atoms with van der Waals surface area (Å²) in [6.07, 6.45) is 3.50. The van der Waals surface area contributed by atoms with Crippen LogP contribution in [0.2, 0.25) is 0 Å². The van der Waals surface area contributed by atoms with Gasteiger partial charge in [0, 0.05) is 17.6 Å². The monoisotopic (exact) mass is 279 g/mol. The molecule has 3 nitrogen and oxygen atoms in total. The first kappa shape index (κ1) is 13.6. The van der Waals surface area contributed by atoms with Crippen LogP contribution in [-0.2, 0) is 6.18 Å². The Hall–Kier alpha value is -0.850. The number of nitrogens with one attached hydrogen (secondary N) is 1. The Morgan fingerprint density at radius 3 is 2.22 bits per heavy atom. The van der Waals surface area contributed by atoms with Gasteiger partial charge in [0.05, 0.1) is 0 Å². The highest BCUT2D eigenvalue weighted by Crippen LogP contribution is 2.30. The fraction of sp³-hybridized carbons (Fsp3) is 0.818. The molecule has 0 bridgehead atoms. The molecule has 18 heavy (non-hydrogen) atoms. The maximum absolute atomic E-state index is 12.4. The van der Waals surface area contributed by atoms with Crippen LogP contribution in [0.15, 0.2) is 0 Å². The summed E-state index contributed by atoms with van der Waals surface area (Å²) in [7, 11) is 0. The molecule has 0 unspecified atom stereocenters. The first-order valence-corrected chi connectivity index (χ1v) is 7.00. The zero-order valence-corrected chi connectivity index (χ0v) is 10.8. The number of alkyl halides is 3. The minimum Gasteiger partial charge on any atom is -0.358 e. The molecule has 1 fully saturated rings. The summed E-state index contributed by atoms with van der Waals surface area (Å²) in [6, 6.07) is 0.235. The van der Waals surface area contributed by atoms with E-state index in [2.05, 4.69) is 14.7 Å². The Balaban J connectivity index is 1.93. The fourth-order valence-corrected chi connectivity index (χ4v) is 2.84. The van der Waals surface area contributed by atoms with Crippen molar-refractivity contribution in [2.24, 2.45) is 0 Å². The third kappa shape index (κ3) is 3.83. The van der Waals surface area contributed by atoms with Gasteiger partial charge in [-0.05, 0) is 12.8 Å². The van der Waals surface area contributed by atoms with Crippen LogP contribution in [0.4, 0.5) is 18.3 Å². The molecule has 0 spiro atoms. The van der Waals surface area contributed by atoms with Crippen molar-refractivity contribution in [1.29, 1.82) is 0 Å². The number of hydrogen-bond donors (Lipinski definition) is 1. The molecule has 1 heterocycles. The summed E-state index contributed by atoms with van der Waals surface area (Å²) in [6.45, 7) is 0. The van der Waals surface area contributed by atoms with Gasteiger partial charge in [0.1, 0.15) is 0 Å². The molecule has 7 heteroatoms. The van der Waals surface area contributed by atoms with Crippen molar-refractivity contribution in [3.63, 3.8) is 0 Å². The third-order valence-electron chi connectivity index (χ3n) is 3.11. The quantitative estimate of drug-likeness (QED) is 0.886. The van der Waals surface area contributed by atoms with E-state index in [1.165, 1.54) is 19.3 Å². The van der Waals surface area contributed by atoms with Gasteiger partial charge < -0.3 is 5.32 Å². The molecule has 0 aromatic carbocycles. The lowest BCUT2D eigenvalue weighted by molar-refractivity contribution is -0.144. The molecule has 1 aromatic heterocycles. The standard InChI is InChI=1S/C11H16F3N3S/c12-11(13,14)9-16-10(18-17-9)15-8-6-4-2-1-3-5-7-8/h8H,1-7H2,(H,15,16,17). The first-order chi connectivity index (χ1) is 8.55. The molecule has 0 atom stereocenters. The van der Waals surface area contributed by atoms with Crippen molar-refractivity contribution in [2.75, 3.05) is 5.32 Å². The van der Waals surface area contributed by atoms with Gasteiger partial charge in [-0.15, -0.1) is 0 Å². The van der Waals surface area contributed by atoms with E-state index in [-0.39, 0.29) is 11.2 Å². The molecule has 0 radical (unpaired) electrons. The molecule has 1 aliphatic rings. The van der Waals surface area contributed by atoms with E-state index in [0.717, 1.165) is 37.2 Å². The number of nitrogens with zero attached hydrogens (tertiary/aromatic N) is 2. The average Bonchev–Trinajstić information content (AvgIpc) is 2.69. The number of anilines is 1. The average molecular weight is 279 g/mol. The number of aromatic nitrogens is 2. The molecule has 1 N–H and O–H groups in total. The molecular formula is C11H16F3N3S. The molecule has 0 saturated heterocycles. The SMILES string of the molecule is FC(F)(F)c1nsc(NC2CCCCCCC2)n1. The molecule has 0 aliphatic heterocycles. The van der Waals surface area contributed by atoms with E-state index in [4.69, 9.17) is 0 Å². The van der Waals surface area contributed by atoms with Crippen molar-refractivity contribution >= 4 is 16.7 Å². The molecule has 2 rings (SSSR count). The minimum atomic E-state index is -4.45. The second kappa shape index (κ2) is 5.86. The van der Waals surface area contributed by atoms with Crippen molar-refractivity contribution in [1.82, 2.24) is 9.36 Å². The van der Waals surface area contributed by atoms with Gasteiger partial charge in [-0.25, -0.2) is 0 Å². The predicted molar refractivity (Wildman–Crippen MR) is 64.6 cm³/mol. The van der Waals surface area contributed by atoms with E-state index in [9.17, 15) is 13.2 Å². The number of halogens is 3. The van der Waals surface area contributed by atoms with Crippen molar-refractivity contribution in [3.8, 4) is 0 Å². The second-order valence-electron chi connectivity index (χ2n) is 4.61. The Morgan fingerprint density at radius 2 is 1.67 bits per heavy atom. The lowest BCUT2D eigenvalue weighted by Crippen LogP contribution is -2.20. The van der Waals surface area contributed by atoms with Crippen LogP contribution in [-0.4, -0.2) is 15.4 Å². The fourth-order valence-electron chi connectivity index (χ4n) is 2.17. The van der Waals surface area contributed by atoms with Crippen molar-refractivity contribution in [2.45, 2.75) is 57.2 Å². The van der Waals surface area contributed by atoms with Gasteiger partial charge in [-0.3, -0.25) is 0 Å². The predicted octanol–water partition coefficient (Wildman–Crippen LogP) is 4.08. The maximum atomic E-state index is 12.4. The summed E-state index contributed by atoms with van der Waals surface area (Å²) in [5.41, 5.74) is 0. The van der Waals surface area contributed by atoms with Gasteiger partial charge >= 0.3 is 6.18 Å². The Morgan fingerprint density at radius 1 is 1.06 bits per heavy atom. The lowest BCUT2D eigenvalue weighted by atomic mass is 9.97. The van der Waals surface area contributed by atoms with Crippen molar-refractivity contribution in [3.05, 3.63) is 5.82 Å². The number of hydrogen-bond acceptors (Lipinski definition) is 4. The van der Waals surface area contributed by atoms with Crippen LogP contribution in [0.3, 0.4) is 0 Å². The van der Waals surface area contributed by atoms with E-state index < -0.39 is 12.0 Å². The third-order valence-corrected chi connectivity index (χ3v) is 3.76. The van der Waals surface area contributed by atoms with Gasteiger partial charge in [0.2, 0.25) is 11.0 Å². The first-order valence-electron chi connectivity index (χ1n) is 6.23. The highest BCUT2D eigenvalue weighted by Gasteiger charge is 2.36. The highest BCUT2D eigenvalue weighted by atomic mass is 32.1. The highest BCUT2D eigenvalue weighted by molar-refractivity contribution is 7.09. The van der Waals surface area contributed by atoms with E-state index >= 15 is 0 Å². The number of rotatable bonds is 2. The van der Waals surface area contributed by atoms with Gasteiger partial charge in [-0.1, -0.05) is 32.1 Å². The Labute approximate surface area is 108 Å². The maximum Gasteiger partial charge on any atom is 0.452 e. The minimum absolute atomic E-state index is 0.235. The molecular weight excluding hydrogens is 263 g/mol. The van der Waals surface area contributed by atoms with Crippen LogP contribution in [0.25, 0.3) is 0 Å². The molecule has 1 aromatic rings. The summed E-state index contributed by atoms with van der Waals surface area (Å²) < 4.78 is 40.4. The van der Waals surface area contributed by atoms with Crippen LogP contribution < -0.4 is 5.32 Å². The topological polar surface area (TPSA) is 37.8 Å². The lowest BCUT2D eigenvalue weighted by Gasteiger charge is -2.20. The van der Waals surface area contributed by atoms with Crippen LogP contribution in [0.1, 0.15) is 50.8 Å². The second-order valence-corrected chi connectivity index (χ2v) is 5.36. The Bertz CT molecular complexity index is 370. The van der Waals surface area contributed by atoms with Crippen LogP contribution >= 0.6 is 11.5 Å².